The van der Waals surface area contributed by atoms with Gasteiger partial charge in [-0.2, -0.15) is 0 Å². The average molecular weight is 271 g/mol. The summed E-state index contributed by atoms with van der Waals surface area (Å²) < 4.78 is 0. The highest BCUT2D eigenvalue weighted by Crippen LogP contribution is 2.10. The zero-order valence-electron chi connectivity index (χ0n) is 11.5. The van der Waals surface area contributed by atoms with Gasteiger partial charge >= 0.3 is 12.0 Å². The number of amides is 3. The van der Waals surface area contributed by atoms with E-state index in [1.807, 2.05) is 20.8 Å². The molecule has 1 saturated heterocycles. The standard InChI is InChI=1S/C12H21N3O4/c1-4-14(6-8(2)3)12(19)15-7-10(16)13-5-9(15)11(17)18/h8-9H,4-7H2,1-3H3,(H,13,16)(H,17,18). The first-order valence-corrected chi connectivity index (χ1v) is 6.41. The van der Waals surface area contributed by atoms with Crippen LogP contribution in [0.5, 0.6) is 0 Å². The van der Waals surface area contributed by atoms with Gasteiger partial charge in [-0.1, -0.05) is 13.8 Å². The van der Waals surface area contributed by atoms with E-state index in [9.17, 15) is 14.4 Å². The van der Waals surface area contributed by atoms with Crippen molar-refractivity contribution in [1.82, 2.24) is 15.1 Å². The molecule has 1 atom stereocenters. The van der Waals surface area contributed by atoms with Crippen LogP contribution in [0.4, 0.5) is 4.79 Å². The molecule has 1 aliphatic rings. The van der Waals surface area contributed by atoms with Crippen molar-refractivity contribution in [2.24, 2.45) is 5.92 Å². The molecule has 1 unspecified atom stereocenters. The topological polar surface area (TPSA) is 90.0 Å². The zero-order valence-corrected chi connectivity index (χ0v) is 11.5. The lowest BCUT2D eigenvalue weighted by Crippen LogP contribution is -2.62. The Balaban J connectivity index is 2.85. The minimum absolute atomic E-state index is 0.0425. The molecule has 19 heavy (non-hydrogen) atoms. The number of rotatable bonds is 4. The van der Waals surface area contributed by atoms with Crippen molar-refractivity contribution in [3.05, 3.63) is 0 Å². The van der Waals surface area contributed by atoms with Gasteiger partial charge < -0.3 is 15.3 Å². The van der Waals surface area contributed by atoms with Crippen LogP contribution in [0.25, 0.3) is 0 Å². The molecule has 0 aromatic rings. The Labute approximate surface area is 112 Å². The second-order valence-electron chi connectivity index (χ2n) is 5.00. The van der Waals surface area contributed by atoms with Crippen LogP contribution in [-0.4, -0.2) is 65.0 Å². The maximum atomic E-state index is 12.3. The Kier molecular flexibility index (Phi) is 5.14. The summed E-state index contributed by atoms with van der Waals surface area (Å²) >= 11 is 0. The summed E-state index contributed by atoms with van der Waals surface area (Å²) in [5.74, 6) is -1.15. The van der Waals surface area contributed by atoms with Crippen LogP contribution in [-0.2, 0) is 9.59 Å². The van der Waals surface area contributed by atoms with E-state index < -0.39 is 18.0 Å². The van der Waals surface area contributed by atoms with Crippen molar-refractivity contribution in [3.8, 4) is 0 Å². The summed E-state index contributed by atoms with van der Waals surface area (Å²) in [5.41, 5.74) is 0. The van der Waals surface area contributed by atoms with E-state index in [1.165, 1.54) is 0 Å². The minimum Gasteiger partial charge on any atom is -0.480 e. The largest absolute Gasteiger partial charge is 0.480 e. The molecule has 7 heteroatoms. The van der Waals surface area contributed by atoms with Gasteiger partial charge in [-0.05, 0) is 12.8 Å². The Morgan fingerprint density at radius 3 is 2.63 bits per heavy atom. The van der Waals surface area contributed by atoms with Crippen LogP contribution in [0.2, 0.25) is 0 Å². The van der Waals surface area contributed by atoms with E-state index in [-0.39, 0.29) is 24.9 Å². The summed E-state index contributed by atoms with van der Waals surface area (Å²) in [6.07, 6.45) is 0. The second kappa shape index (κ2) is 6.40. The highest BCUT2D eigenvalue weighted by atomic mass is 16.4. The number of carbonyl (C=O) groups excluding carboxylic acids is 2. The Bertz CT molecular complexity index is 370. The summed E-state index contributed by atoms with van der Waals surface area (Å²) in [6, 6.07) is -1.38. The molecular weight excluding hydrogens is 250 g/mol. The third kappa shape index (κ3) is 3.84. The maximum Gasteiger partial charge on any atom is 0.328 e. The van der Waals surface area contributed by atoms with Gasteiger partial charge in [0.2, 0.25) is 5.91 Å². The Morgan fingerprint density at radius 1 is 1.53 bits per heavy atom. The lowest BCUT2D eigenvalue weighted by molar-refractivity contribution is -0.144. The highest BCUT2D eigenvalue weighted by molar-refractivity contribution is 5.90. The number of nitrogens with zero attached hydrogens (tertiary/aromatic N) is 2. The van der Waals surface area contributed by atoms with Crippen molar-refractivity contribution in [3.63, 3.8) is 0 Å². The van der Waals surface area contributed by atoms with E-state index in [0.717, 1.165) is 4.90 Å². The smallest absolute Gasteiger partial charge is 0.328 e. The first-order valence-electron chi connectivity index (χ1n) is 6.41. The van der Waals surface area contributed by atoms with Gasteiger partial charge in [0.25, 0.3) is 0 Å². The monoisotopic (exact) mass is 271 g/mol. The van der Waals surface area contributed by atoms with Gasteiger partial charge in [0.1, 0.15) is 12.6 Å². The number of urea groups is 1. The van der Waals surface area contributed by atoms with Crippen molar-refractivity contribution < 1.29 is 19.5 Å². The van der Waals surface area contributed by atoms with Crippen LogP contribution in [0, 0.1) is 5.92 Å². The minimum atomic E-state index is -1.10. The molecule has 0 aromatic heterocycles. The van der Waals surface area contributed by atoms with Crippen LogP contribution >= 0.6 is 0 Å². The van der Waals surface area contributed by atoms with Crippen molar-refractivity contribution in [1.29, 1.82) is 0 Å². The number of piperazine rings is 1. The van der Waals surface area contributed by atoms with Crippen molar-refractivity contribution >= 4 is 17.9 Å². The predicted octanol–water partition coefficient (Wildman–Crippen LogP) is -0.0307. The zero-order chi connectivity index (χ0) is 14.6. The molecule has 3 amide bonds. The van der Waals surface area contributed by atoms with Gasteiger partial charge in [0.05, 0.1) is 0 Å². The van der Waals surface area contributed by atoms with Crippen molar-refractivity contribution in [2.75, 3.05) is 26.2 Å². The predicted molar refractivity (Wildman–Crippen MR) is 68.6 cm³/mol. The van der Waals surface area contributed by atoms with E-state index in [4.69, 9.17) is 5.11 Å². The van der Waals surface area contributed by atoms with Crippen LogP contribution in [0.3, 0.4) is 0 Å². The van der Waals surface area contributed by atoms with Gasteiger partial charge in [0, 0.05) is 19.6 Å². The van der Waals surface area contributed by atoms with Crippen molar-refractivity contribution in [2.45, 2.75) is 26.8 Å². The summed E-state index contributed by atoms with van der Waals surface area (Å²) in [6.45, 7) is 6.58. The van der Waals surface area contributed by atoms with Gasteiger partial charge in [-0.15, -0.1) is 0 Å². The average Bonchev–Trinajstić information content (AvgIpc) is 2.34. The molecule has 0 saturated carbocycles. The molecule has 0 spiro atoms. The molecule has 0 aliphatic carbocycles. The number of carboxylic acid groups (broad SMARTS) is 1. The quantitative estimate of drug-likeness (QED) is 0.751. The molecule has 1 fully saturated rings. The number of nitrogens with one attached hydrogen (secondary N) is 1. The number of carbonyl (C=O) groups is 3. The molecule has 1 heterocycles. The number of carboxylic acids is 1. The molecule has 0 aromatic carbocycles. The summed E-state index contributed by atoms with van der Waals surface area (Å²) in [5, 5.41) is 11.6. The third-order valence-corrected chi connectivity index (χ3v) is 2.95. The fourth-order valence-corrected chi connectivity index (χ4v) is 2.03. The molecule has 108 valence electrons. The molecule has 2 N–H and O–H groups in total. The first-order chi connectivity index (χ1) is 8.86. The summed E-state index contributed by atoms with van der Waals surface area (Å²) in [4.78, 5) is 37.5. The first kappa shape index (κ1) is 15.3. The maximum absolute atomic E-state index is 12.3. The normalized spacial score (nSPS) is 19.3. The number of hydrogen-bond donors (Lipinski definition) is 2. The third-order valence-electron chi connectivity index (χ3n) is 2.95. The molecule has 0 bridgehead atoms. The van der Waals surface area contributed by atoms with E-state index >= 15 is 0 Å². The molecule has 0 radical (unpaired) electrons. The molecule has 1 rings (SSSR count). The number of aliphatic carboxylic acids is 1. The highest BCUT2D eigenvalue weighted by Gasteiger charge is 2.36. The summed E-state index contributed by atoms with van der Waals surface area (Å²) in [7, 11) is 0. The van der Waals surface area contributed by atoms with E-state index in [1.54, 1.807) is 4.90 Å². The fourth-order valence-electron chi connectivity index (χ4n) is 2.03. The van der Waals surface area contributed by atoms with E-state index in [2.05, 4.69) is 5.32 Å². The second-order valence-corrected chi connectivity index (χ2v) is 5.00. The molecule has 7 nitrogen and oxygen atoms in total. The molecular formula is C12H21N3O4. The van der Waals surface area contributed by atoms with E-state index in [0.29, 0.717) is 13.1 Å². The van der Waals surface area contributed by atoms with Gasteiger partial charge in [-0.25, -0.2) is 9.59 Å². The van der Waals surface area contributed by atoms with Crippen LogP contribution < -0.4 is 5.32 Å². The lowest BCUT2D eigenvalue weighted by atomic mass is 10.2. The molecule has 1 aliphatic heterocycles. The Morgan fingerprint density at radius 2 is 2.16 bits per heavy atom. The number of hydrogen-bond acceptors (Lipinski definition) is 3. The lowest BCUT2D eigenvalue weighted by Gasteiger charge is -2.36. The Hall–Kier alpha value is -1.79. The van der Waals surface area contributed by atoms with Gasteiger partial charge in [-0.3, -0.25) is 9.69 Å². The van der Waals surface area contributed by atoms with Crippen LogP contribution in [0.1, 0.15) is 20.8 Å². The fraction of sp³-hybridized carbons (Fsp3) is 0.750. The SMILES string of the molecule is CCN(CC(C)C)C(=O)N1CC(=O)NCC1C(=O)O. The van der Waals surface area contributed by atoms with Crippen LogP contribution in [0.15, 0.2) is 0 Å². The van der Waals surface area contributed by atoms with Gasteiger partial charge in [0.15, 0.2) is 0 Å².